The monoisotopic (exact) mass is 268 g/mol. The average Bonchev–Trinajstić information content (AvgIpc) is 2.90. The number of benzene rings is 2. The number of aromatic amines is 1. The highest BCUT2D eigenvalue weighted by Crippen LogP contribution is 2.17. The van der Waals surface area contributed by atoms with Crippen molar-refractivity contribution < 1.29 is 9.18 Å². The molecule has 0 bridgehead atoms. The zero-order valence-corrected chi connectivity index (χ0v) is 10.7. The van der Waals surface area contributed by atoms with E-state index in [9.17, 15) is 9.18 Å². The van der Waals surface area contributed by atoms with Crippen LogP contribution >= 0.6 is 0 Å². The molecule has 0 radical (unpaired) electrons. The molecule has 0 aliphatic rings. The van der Waals surface area contributed by atoms with Crippen LogP contribution in [0.15, 0.2) is 54.7 Å². The highest BCUT2D eigenvalue weighted by Gasteiger charge is 2.11. The molecule has 0 unspecified atom stereocenters. The number of para-hydroxylation sites is 1. The van der Waals surface area contributed by atoms with Crippen molar-refractivity contribution >= 4 is 16.8 Å². The predicted molar refractivity (Wildman–Crippen MR) is 75.9 cm³/mol. The summed E-state index contributed by atoms with van der Waals surface area (Å²) in [5, 5.41) is 3.60. The summed E-state index contributed by atoms with van der Waals surface area (Å²) in [6.45, 7) is 0.172. The maximum Gasteiger partial charge on any atom is 0.253 e. The first-order valence-corrected chi connectivity index (χ1v) is 6.33. The van der Waals surface area contributed by atoms with Gasteiger partial charge in [0.15, 0.2) is 0 Å². The number of hydrogen-bond donors (Lipinski definition) is 2. The van der Waals surface area contributed by atoms with Crippen LogP contribution < -0.4 is 5.32 Å². The largest absolute Gasteiger partial charge is 0.360 e. The molecule has 0 spiro atoms. The summed E-state index contributed by atoms with van der Waals surface area (Å²) in [6, 6.07) is 14.0. The van der Waals surface area contributed by atoms with Crippen molar-refractivity contribution in [1.29, 1.82) is 0 Å². The highest BCUT2D eigenvalue weighted by molar-refractivity contribution is 6.06. The van der Waals surface area contributed by atoms with Gasteiger partial charge in [0.1, 0.15) is 5.82 Å². The Kier molecular flexibility index (Phi) is 3.21. The van der Waals surface area contributed by atoms with Crippen LogP contribution in [-0.4, -0.2) is 10.9 Å². The summed E-state index contributed by atoms with van der Waals surface area (Å²) in [5.41, 5.74) is 1.95. The molecule has 1 heterocycles. The molecule has 0 aliphatic carbocycles. The lowest BCUT2D eigenvalue weighted by Crippen LogP contribution is -2.23. The zero-order valence-electron chi connectivity index (χ0n) is 10.7. The first kappa shape index (κ1) is 12.4. The number of aromatic nitrogens is 1. The summed E-state index contributed by atoms with van der Waals surface area (Å²) in [4.78, 5) is 15.2. The second kappa shape index (κ2) is 5.17. The molecule has 20 heavy (non-hydrogen) atoms. The van der Waals surface area contributed by atoms with Crippen LogP contribution in [0.2, 0.25) is 0 Å². The molecule has 2 N–H and O–H groups in total. The molecule has 3 nitrogen and oxygen atoms in total. The van der Waals surface area contributed by atoms with Crippen LogP contribution in [0.4, 0.5) is 4.39 Å². The minimum absolute atomic E-state index is 0.172. The number of hydrogen-bond acceptors (Lipinski definition) is 1. The molecule has 4 heteroatoms. The second-order valence-electron chi connectivity index (χ2n) is 4.52. The van der Waals surface area contributed by atoms with Gasteiger partial charge in [-0.1, -0.05) is 36.4 Å². The molecule has 0 aliphatic heterocycles. The van der Waals surface area contributed by atoms with Gasteiger partial charge in [0.25, 0.3) is 5.91 Å². The SMILES string of the molecule is O=C(NCc1ccccc1F)c1c[nH]c2ccccc12. The fraction of sp³-hybridized carbons (Fsp3) is 0.0625. The summed E-state index contributed by atoms with van der Waals surface area (Å²) < 4.78 is 13.5. The van der Waals surface area contributed by atoms with Crippen LogP contribution in [-0.2, 0) is 6.54 Å². The van der Waals surface area contributed by atoms with Crippen LogP contribution in [0.5, 0.6) is 0 Å². The lowest BCUT2D eigenvalue weighted by atomic mass is 10.1. The topological polar surface area (TPSA) is 44.9 Å². The Balaban J connectivity index is 1.79. The smallest absolute Gasteiger partial charge is 0.253 e. The lowest BCUT2D eigenvalue weighted by molar-refractivity contribution is 0.0952. The second-order valence-corrected chi connectivity index (χ2v) is 4.52. The fourth-order valence-electron chi connectivity index (χ4n) is 2.17. The van der Waals surface area contributed by atoms with Crippen LogP contribution in [0.3, 0.4) is 0 Å². The van der Waals surface area contributed by atoms with E-state index in [0.717, 1.165) is 10.9 Å². The number of rotatable bonds is 3. The van der Waals surface area contributed by atoms with E-state index in [1.54, 1.807) is 24.4 Å². The van der Waals surface area contributed by atoms with Gasteiger partial charge in [-0.3, -0.25) is 4.79 Å². The minimum Gasteiger partial charge on any atom is -0.360 e. The summed E-state index contributed by atoms with van der Waals surface area (Å²) >= 11 is 0. The predicted octanol–water partition coefficient (Wildman–Crippen LogP) is 3.24. The molecule has 0 atom stereocenters. The summed E-state index contributed by atoms with van der Waals surface area (Å²) in [5.74, 6) is -0.530. The van der Waals surface area contributed by atoms with Crippen molar-refractivity contribution in [2.75, 3.05) is 0 Å². The number of nitrogens with one attached hydrogen (secondary N) is 2. The fourth-order valence-corrected chi connectivity index (χ4v) is 2.17. The number of halogens is 1. The number of carbonyl (C=O) groups excluding carboxylic acids is 1. The number of H-pyrrole nitrogens is 1. The molecule has 1 amide bonds. The Bertz CT molecular complexity index is 764. The van der Waals surface area contributed by atoms with Crippen molar-refractivity contribution in [3.05, 3.63) is 71.7 Å². The molecule has 0 saturated carbocycles. The Morgan fingerprint density at radius 1 is 1.10 bits per heavy atom. The van der Waals surface area contributed by atoms with Gasteiger partial charge in [-0.05, 0) is 12.1 Å². The van der Waals surface area contributed by atoms with E-state index in [4.69, 9.17) is 0 Å². The van der Waals surface area contributed by atoms with Gasteiger partial charge < -0.3 is 10.3 Å². The third kappa shape index (κ3) is 2.28. The van der Waals surface area contributed by atoms with Gasteiger partial charge in [0.05, 0.1) is 5.56 Å². The van der Waals surface area contributed by atoms with Crippen LogP contribution in [0.25, 0.3) is 10.9 Å². The quantitative estimate of drug-likeness (QED) is 0.752. The average molecular weight is 268 g/mol. The van der Waals surface area contributed by atoms with E-state index in [0.29, 0.717) is 11.1 Å². The van der Waals surface area contributed by atoms with Gasteiger partial charge in [-0.15, -0.1) is 0 Å². The standard InChI is InChI=1S/C16H13FN2O/c17-14-7-3-1-5-11(14)9-19-16(20)13-10-18-15-8-4-2-6-12(13)15/h1-8,10,18H,9H2,(H,19,20). The maximum atomic E-state index is 13.5. The molecule has 3 aromatic rings. The molecule has 0 fully saturated rings. The Morgan fingerprint density at radius 3 is 2.70 bits per heavy atom. The van der Waals surface area contributed by atoms with Crippen molar-refractivity contribution in [2.45, 2.75) is 6.54 Å². The van der Waals surface area contributed by atoms with Crippen LogP contribution in [0.1, 0.15) is 15.9 Å². The van der Waals surface area contributed by atoms with Crippen molar-refractivity contribution in [3.8, 4) is 0 Å². The third-order valence-electron chi connectivity index (χ3n) is 3.23. The van der Waals surface area contributed by atoms with Crippen molar-refractivity contribution in [1.82, 2.24) is 10.3 Å². The number of fused-ring (bicyclic) bond motifs is 1. The highest BCUT2D eigenvalue weighted by atomic mass is 19.1. The summed E-state index contributed by atoms with van der Waals surface area (Å²) in [6.07, 6.45) is 1.67. The minimum atomic E-state index is -0.313. The van der Waals surface area contributed by atoms with E-state index in [1.807, 2.05) is 24.3 Å². The molecule has 0 saturated heterocycles. The normalized spacial score (nSPS) is 10.7. The summed E-state index contributed by atoms with van der Waals surface area (Å²) in [7, 11) is 0. The Labute approximate surface area is 115 Å². The molecular formula is C16H13FN2O. The van der Waals surface area contributed by atoms with Gasteiger partial charge in [-0.25, -0.2) is 4.39 Å². The van der Waals surface area contributed by atoms with Crippen molar-refractivity contribution in [3.63, 3.8) is 0 Å². The van der Waals surface area contributed by atoms with E-state index in [1.165, 1.54) is 6.07 Å². The zero-order chi connectivity index (χ0) is 13.9. The van der Waals surface area contributed by atoms with E-state index in [2.05, 4.69) is 10.3 Å². The lowest BCUT2D eigenvalue weighted by Gasteiger charge is -2.05. The Morgan fingerprint density at radius 2 is 1.85 bits per heavy atom. The van der Waals surface area contributed by atoms with E-state index in [-0.39, 0.29) is 18.3 Å². The molecule has 1 aromatic heterocycles. The first-order valence-electron chi connectivity index (χ1n) is 6.33. The number of carbonyl (C=O) groups is 1. The molecular weight excluding hydrogens is 255 g/mol. The van der Waals surface area contributed by atoms with E-state index >= 15 is 0 Å². The van der Waals surface area contributed by atoms with Crippen LogP contribution in [0, 0.1) is 5.82 Å². The molecule has 3 rings (SSSR count). The van der Waals surface area contributed by atoms with Gasteiger partial charge in [-0.2, -0.15) is 0 Å². The maximum absolute atomic E-state index is 13.5. The van der Waals surface area contributed by atoms with Gasteiger partial charge in [0, 0.05) is 29.2 Å². The van der Waals surface area contributed by atoms with Gasteiger partial charge >= 0.3 is 0 Å². The van der Waals surface area contributed by atoms with Crippen molar-refractivity contribution in [2.24, 2.45) is 0 Å². The van der Waals surface area contributed by atoms with Gasteiger partial charge in [0.2, 0.25) is 0 Å². The molecule has 2 aromatic carbocycles. The number of amides is 1. The van der Waals surface area contributed by atoms with E-state index < -0.39 is 0 Å². The molecule has 100 valence electrons. The third-order valence-corrected chi connectivity index (χ3v) is 3.23. The Hall–Kier alpha value is -2.62. The first-order chi connectivity index (χ1) is 9.75.